The first-order valence-corrected chi connectivity index (χ1v) is 7.13. The highest BCUT2D eigenvalue weighted by molar-refractivity contribution is 6.30. The van der Waals surface area contributed by atoms with Gasteiger partial charge in [0.15, 0.2) is 0 Å². The van der Waals surface area contributed by atoms with Crippen molar-refractivity contribution in [1.82, 2.24) is 9.55 Å². The third kappa shape index (κ3) is 2.54. The standard InChI is InChI=1S/C16H16ClN3O/c1-10(2)21-14-5-3-4-13-15(14)19-16(18)20(13)12-8-6-11(17)7-9-12/h3-10H,1-2H3,(H2,18,19). The normalized spacial score (nSPS) is 11.2. The SMILES string of the molecule is CC(C)Oc1cccc2c1nc(N)n2-c1ccc(Cl)cc1. The van der Waals surface area contributed by atoms with Gasteiger partial charge in [-0.25, -0.2) is 4.98 Å². The summed E-state index contributed by atoms with van der Waals surface area (Å²) in [6.45, 7) is 3.97. The minimum absolute atomic E-state index is 0.0810. The number of benzene rings is 2. The highest BCUT2D eigenvalue weighted by atomic mass is 35.5. The number of imidazole rings is 1. The summed E-state index contributed by atoms with van der Waals surface area (Å²) in [5.41, 5.74) is 8.68. The van der Waals surface area contributed by atoms with Crippen LogP contribution in [0.2, 0.25) is 5.02 Å². The maximum absolute atomic E-state index is 6.09. The molecule has 0 saturated heterocycles. The predicted octanol–water partition coefficient (Wildman–Crippen LogP) is 4.05. The molecule has 2 N–H and O–H groups in total. The fourth-order valence-electron chi connectivity index (χ4n) is 2.30. The quantitative estimate of drug-likeness (QED) is 0.794. The van der Waals surface area contributed by atoms with Crippen LogP contribution in [-0.4, -0.2) is 15.7 Å². The summed E-state index contributed by atoms with van der Waals surface area (Å²) in [6.07, 6.45) is 0.0810. The van der Waals surface area contributed by atoms with Crippen molar-refractivity contribution in [3.05, 3.63) is 47.5 Å². The Kier molecular flexibility index (Phi) is 3.47. The lowest BCUT2D eigenvalue weighted by molar-refractivity contribution is 0.245. The Bertz CT molecular complexity index is 778. The van der Waals surface area contributed by atoms with Crippen LogP contribution in [-0.2, 0) is 0 Å². The van der Waals surface area contributed by atoms with E-state index in [1.807, 2.05) is 60.9 Å². The molecule has 0 radical (unpaired) electrons. The average Bonchev–Trinajstić information content (AvgIpc) is 2.77. The molecule has 0 fully saturated rings. The highest BCUT2D eigenvalue weighted by Gasteiger charge is 2.14. The van der Waals surface area contributed by atoms with Crippen LogP contribution >= 0.6 is 11.6 Å². The van der Waals surface area contributed by atoms with Crippen molar-refractivity contribution in [2.45, 2.75) is 20.0 Å². The molecular weight excluding hydrogens is 286 g/mol. The first-order valence-electron chi connectivity index (χ1n) is 6.76. The van der Waals surface area contributed by atoms with Crippen LogP contribution in [0.15, 0.2) is 42.5 Å². The third-order valence-corrected chi connectivity index (χ3v) is 3.37. The van der Waals surface area contributed by atoms with Crippen molar-refractivity contribution in [3.8, 4) is 11.4 Å². The van der Waals surface area contributed by atoms with Crippen molar-refractivity contribution < 1.29 is 4.74 Å². The number of anilines is 1. The van der Waals surface area contributed by atoms with Gasteiger partial charge in [0, 0.05) is 10.7 Å². The van der Waals surface area contributed by atoms with Crippen molar-refractivity contribution in [3.63, 3.8) is 0 Å². The number of rotatable bonds is 3. The average molecular weight is 302 g/mol. The minimum atomic E-state index is 0.0810. The molecular formula is C16H16ClN3O. The highest BCUT2D eigenvalue weighted by Crippen LogP contribution is 2.30. The molecule has 0 atom stereocenters. The van der Waals surface area contributed by atoms with E-state index in [1.54, 1.807) is 0 Å². The Morgan fingerprint density at radius 3 is 2.52 bits per heavy atom. The zero-order valence-electron chi connectivity index (χ0n) is 11.9. The van der Waals surface area contributed by atoms with Gasteiger partial charge >= 0.3 is 0 Å². The maximum atomic E-state index is 6.09. The number of hydrogen-bond donors (Lipinski definition) is 1. The minimum Gasteiger partial charge on any atom is -0.489 e. The van der Waals surface area contributed by atoms with Crippen LogP contribution in [0.3, 0.4) is 0 Å². The zero-order valence-corrected chi connectivity index (χ0v) is 12.6. The van der Waals surface area contributed by atoms with Gasteiger partial charge in [0.2, 0.25) is 5.95 Å². The summed E-state index contributed by atoms with van der Waals surface area (Å²) in [7, 11) is 0. The number of nitrogens with zero attached hydrogens (tertiary/aromatic N) is 2. The summed E-state index contributed by atoms with van der Waals surface area (Å²) in [5, 5.41) is 0.686. The van der Waals surface area contributed by atoms with Gasteiger partial charge in [-0.05, 0) is 50.2 Å². The molecule has 3 aromatic rings. The summed E-state index contributed by atoms with van der Waals surface area (Å²) in [5.74, 6) is 1.16. The number of hydrogen-bond acceptors (Lipinski definition) is 3. The molecule has 0 aliphatic carbocycles. The van der Waals surface area contributed by atoms with Gasteiger partial charge in [-0.15, -0.1) is 0 Å². The molecule has 1 aromatic heterocycles. The molecule has 5 heteroatoms. The lowest BCUT2D eigenvalue weighted by Gasteiger charge is -2.10. The molecule has 1 heterocycles. The Morgan fingerprint density at radius 2 is 1.86 bits per heavy atom. The van der Waals surface area contributed by atoms with E-state index in [1.165, 1.54) is 0 Å². The molecule has 0 aliphatic rings. The molecule has 0 bridgehead atoms. The van der Waals surface area contributed by atoms with Gasteiger partial charge in [-0.2, -0.15) is 0 Å². The molecule has 3 rings (SSSR count). The number of ether oxygens (including phenoxy) is 1. The molecule has 0 spiro atoms. The zero-order chi connectivity index (χ0) is 15.0. The van der Waals surface area contributed by atoms with E-state index in [9.17, 15) is 0 Å². The van der Waals surface area contributed by atoms with E-state index in [0.29, 0.717) is 11.0 Å². The number of fused-ring (bicyclic) bond motifs is 1. The summed E-state index contributed by atoms with van der Waals surface area (Å²) in [6, 6.07) is 13.3. The van der Waals surface area contributed by atoms with Gasteiger partial charge in [0.1, 0.15) is 11.3 Å². The van der Waals surface area contributed by atoms with Crippen molar-refractivity contribution in [2.75, 3.05) is 5.73 Å². The molecule has 108 valence electrons. The van der Waals surface area contributed by atoms with E-state index in [4.69, 9.17) is 22.1 Å². The fraction of sp³-hybridized carbons (Fsp3) is 0.188. The van der Waals surface area contributed by atoms with Gasteiger partial charge in [-0.1, -0.05) is 17.7 Å². The van der Waals surface area contributed by atoms with Crippen LogP contribution in [0.5, 0.6) is 5.75 Å². The van der Waals surface area contributed by atoms with E-state index in [0.717, 1.165) is 22.5 Å². The predicted molar refractivity (Wildman–Crippen MR) is 86.3 cm³/mol. The number of nitrogen functional groups attached to an aromatic ring is 1. The van der Waals surface area contributed by atoms with E-state index in [2.05, 4.69) is 4.98 Å². The van der Waals surface area contributed by atoms with Gasteiger partial charge in [0.25, 0.3) is 0 Å². The Hall–Kier alpha value is -2.20. The second kappa shape index (κ2) is 5.30. The largest absolute Gasteiger partial charge is 0.489 e. The molecule has 2 aromatic carbocycles. The summed E-state index contributed by atoms with van der Waals surface area (Å²) < 4.78 is 7.69. The van der Waals surface area contributed by atoms with E-state index in [-0.39, 0.29) is 6.10 Å². The summed E-state index contributed by atoms with van der Waals surface area (Å²) >= 11 is 5.94. The van der Waals surface area contributed by atoms with Crippen LogP contribution in [0, 0.1) is 0 Å². The molecule has 21 heavy (non-hydrogen) atoms. The molecule has 4 nitrogen and oxygen atoms in total. The second-order valence-electron chi connectivity index (χ2n) is 5.07. The molecule has 0 amide bonds. The first-order chi connectivity index (χ1) is 10.1. The van der Waals surface area contributed by atoms with Crippen LogP contribution < -0.4 is 10.5 Å². The Labute approximate surface area is 128 Å². The fourth-order valence-corrected chi connectivity index (χ4v) is 2.43. The number of para-hydroxylation sites is 1. The second-order valence-corrected chi connectivity index (χ2v) is 5.51. The lowest BCUT2D eigenvalue weighted by Crippen LogP contribution is -2.05. The van der Waals surface area contributed by atoms with Gasteiger partial charge < -0.3 is 10.5 Å². The molecule has 0 unspecified atom stereocenters. The maximum Gasteiger partial charge on any atom is 0.206 e. The molecule has 0 saturated carbocycles. The number of halogens is 1. The number of nitrogens with two attached hydrogens (primary N) is 1. The summed E-state index contributed by atoms with van der Waals surface area (Å²) in [4.78, 5) is 4.45. The van der Waals surface area contributed by atoms with Crippen molar-refractivity contribution >= 4 is 28.6 Å². The van der Waals surface area contributed by atoms with Crippen molar-refractivity contribution in [2.24, 2.45) is 0 Å². The Balaban J connectivity index is 2.20. The van der Waals surface area contributed by atoms with Crippen LogP contribution in [0.1, 0.15) is 13.8 Å². The van der Waals surface area contributed by atoms with Crippen molar-refractivity contribution in [1.29, 1.82) is 0 Å². The van der Waals surface area contributed by atoms with E-state index < -0.39 is 0 Å². The topological polar surface area (TPSA) is 53.1 Å². The monoisotopic (exact) mass is 301 g/mol. The smallest absolute Gasteiger partial charge is 0.206 e. The lowest BCUT2D eigenvalue weighted by atomic mass is 10.2. The number of aromatic nitrogens is 2. The third-order valence-electron chi connectivity index (χ3n) is 3.12. The molecule has 0 aliphatic heterocycles. The van der Waals surface area contributed by atoms with E-state index >= 15 is 0 Å². The van der Waals surface area contributed by atoms with Crippen LogP contribution in [0.25, 0.3) is 16.7 Å². The van der Waals surface area contributed by atoms with Gasteiger partial charge in [-0.3, -0.25) is 4.57 Å². The van der Waals surface area contributed by atoms with Crippen LogP contribution in [0.4, 0.5) is 5.95 Å². The first kappa shape index (κ1) is 13.8. The Morgan fingerprint density at radius 1 is 1.14 bits per heavy atom. The van der Waals surface area contributed by atoms with Gasteiger partial charge in [0.05, 0.1) is 11.6 Å².